The van der Waals surface area contributed by atoms with Crippen molar-refractivity contribution in [1.82, 2.24) is 4.90 Å². The van der Waals surface area contributed by atoms with Crippen LogP contribution in [0.25, 0.3) is 0 Å². The zero-order valence-corrected chi connectivity index (χ0v) is 16.3. The summed E-state index contributed by atoms with van der Waals surface area (Å²) in [5.41, 5.74) is 7.52. The number of thiophene rings is 1. The number of ether oxygens (including phenoxy) is 1. The third-order valence-electron chi connectivity index (χ3n) is 4.41. The Morgan fingerprint density at radius 3 is 2.58 bits per heavy atom. The van der Waals surface area contributed by atoms with Crippen LogP contribution in [0.15, 0.2) is 24.3 Å². The van der Waals surface area contributed by atoms with Crippen molar-refractivity contribution in [3.63, 3.8) is 0 Å². The number of amides is 2. The number of methoxy groups -OCH3 is 1. The van der Waals surface area contributed by atoms with E-state index >= 15 is 0 Å². The van der Waals surface area contributed by atoms with E-state index in [2.05, 4.69) is 17.1 Å². The van der Waals surface area contributed by atoms with Gasteiger partial charge in [0.25, 0.3) is 11.8 Å². The molecule has 0 bridgehead atoms. The van der Waals surface area contributed by atoms with Gasteiger partial charge >= 0.3 is 0 Å². The summed E-state index contributed by atoms with van der Waals surface area (Å²) < 4.78 is 5.10. The van der Waals surface area contributed by atoms with E-state index < -0.39 is 5.91 Å². The van der Waals surface area contributed by atoms with Crippen molar-refractivity contribution in [2.24, 2.45) is 5.73 Å². The Kier molecular flexibility index (Phi) is 6.63. The average molecular weight is 396 g/mol. The monoisotopic (exact) mass is 395 g/mol. The van der Waals surface area contributed by atoms with E-state index in [0.29, 0.717) is 21.9 Å². The Hall–Kier alpha value is -2.09. The van der Waals surface area contributed by atoms with Gasteiger partial charge in [0.05, 0.1) is 12.7 Å². The molecule has 0 saturated carbocycles. The number of anilines is 1. The number of halogens is 1. The first-order valence-corrected chi connectivity index (χ1v) is 8.97. The number of hydrogen-bond donors (Lipinski definition) is 2. The zero-order chi connectivity index (χ0) is 18.0. The van der Waals surface area contributed by atoms with Gasteiger partial charge < -0.3 is 15.8 Å². The molecule has 0 fully saturated rings. The summed E-state index contributed by atoms with van der Waals surface area (Å²) in [7, 11) is 1.57. The average Bonchev–Trinajstić information content (AvgIpc) is 2.98. The van der Waals surface area contributed by atoms with Crippen molar-refractivity contribution < 1.29 is 14.3 Å². The normalized spacial score (nSPS) is 13.5. The van der Waals surface area contributed by atoms with E-state index in [4.69, 9.17) is 10.5 Å². The van der Waals surface area contributed by atoms with Crippen LogP contribution in [0.4, 0.5) is 5.00 Å². The number of rotatable bonds is 5. The largest absolute Gasteiger partial charge is 0.497 e. The molecule has 8 heteroatoms. The number of fused-ring (bicyclic) bond motifs is 1. The van der Waals surface area contributed by atoms with Gasteiger partial charge in [-0.15, -0.1) is 23.7 Å². The third kappa shape index (κ3) is 4.00. The summed E-state index contributed by atoms with van der Waals surface area (Å²) in [6.07, 6.45) is 0.774. The Morgan fingerprint density at radius 2 is 2.00 bits per heavy atom. The molecule has 0 spiro atoms. The molecule has 3 rings (SSSR count). The van der Waals surface area contributed by atoms with Gasteiger partial charge in [0.15, 0.2) is 0 Å². The van der Waals surface area contributed by atoms with Gasteiger partial charge in [-0.2, -0.15) is 0 Å². The van der Waals surface area contributed by atoms with Gasteiger partial charge in [-0.1, -0.05) is 6.92 Å². The van der Waals surface area contributed by atoms with Crippen molar-refractivity contribution in [1.29, 1.82) is 0 Å². The van der Waals surface area contributed by atoms with Crippen molar-refractivity contribution in [2.75, 3.05) is 25.5 Å². The number of carbonyl (C=O) groups is 2. The number of nitrogens with two attached hydrogens (primary N) is 1. The van der Waals surface area contributed by atoms with Gasteiger partial charge in [0.1, 0.15) is 10.8 Å². The first-order valence-electron chi connectivity index (χ1n) is 8.15. The standard InChI is InChI=1S/C18H21N3O3S.ClH/c1-3-21-9-8-13-14(10-21)25-18(15(13)16(19)22)20-17(23)11-4-6-12(24-2)7-5-11;/h4-7H,3,8-10H2,1-2H3,(H2,19,22)(H,20,23);1H. The van der Waals surface area contributed by atoms with Crippen LogP contribution >= 0.6 is 23.7 Å². The van der Waals surface area contributed by atoms with Gasteiger partial charge in [-0.25, -0.2) is 0 Å². The number of carbonyl (C=O) groups excluding carboxylic acids is 2. The lowest BCUT2D eigenvalue weighted by atomic mass is 10.0. The minimum absolute atomic E-state index is 0. The molecule has 1 aliphatic heterocycles. The fourth-order valence-electron chi connectivity index (χ4n) is 2.99. The van der Waals surface area contributed by atoms with Crippen molar-refractivity contribution >= 4 is 40.6 Å². The van der Waals surface area contributed by atoms with E-state index in [1.807, 2.05) is 0 Å². The molecule has 0 saturated heterocycles. The summed E-state index contributed by atoms with van der Waals surface area (Å²) in [5.74, 6) is -0.0794. The van der Waals surface area contributed by atoms with Crippen LogP contribution in [0.1, 0.15) is 38.1 Å². The summed E-state index contributed by atoms with van der Waals surface area (Å²) >= 11 is 1.44. The zero-order valence-electron chi connectivity index (χ0n) is 14.7. The van der Waals surface area contributed by atoms with E-state index in [9.17, 15) is 9.59 Å². The maximum absolute atomic E-state index is 12.5. The lowest BCUT2D eigenvalue weighted by Crippen LogP contribution is -2.30. The molecule has 3 N–H and O–H groups in total. The highest BCUT2D eigenvalue weighted by Gasteiger charge is 2.27. The van der Waals surface area contributed by atoms with Crippen LogP contribution in [0.5, 0.6) is 5.75 Å². The lowest BCUT2D eigenvalue weighted by molar-refractivity contribution is 0.1000. The van der Waals surface area contributed by atoms with Crippen molar-refractivity contribution in [2.45, 2.75) is 19.9 Å². The molecule has 2 amide bonds. The maximum atomic E-state index is 12.5. The number of benzene rings is 1. The molecule has 1 aromatic heterocycles. The molecule has 6 nitrogen and oxygen atoms in total. The highest BCUT2D eigenvalue weighted by Crippen LogP contribution is 2.37. The van der Waals surface area contributed by atoms with Gasteiger partial charge in [-0.3, -0.25) is 14.5 Å². The highest BCUT2D eigenvalue weighted by atomic mass is 35.5. The Balaban J connectivity index is 0.00000243. The molecular formula is C18H22ClN3O3S. The number of nitrogens with one attached hydrogen (secondary N) is 1. The molecular weight excluding hydrogens is 374 g/mol. The molecule has 0 atom stereocenters. The first-order chi connectivity index (χ1) is 12.0. The smallest absolute Gasteiger partial charge is 0.256 e. The molecule has 26 heavy (non-hydrogen) atoms. The number of likely N-dealkylation sites (N-methyl/N-ethyl adjacent to an activating group) is 1. The highest BCUT2D eigenvalue weighted by molar-refractivity contribution is 7.17. The third-order valence-corrected chi connectivity index (χ3v) is 5.54. The second-order valence-electron chi connectivity index (χ2n) is 5.87. The number of primary amides is 1. The van der Waals surface area contributed by atoms with E-state index in [-0.39, 0.29) is 18.3 Å². The maximum Gasteiger partial charge on any atom is 0.256 e. The van der Waals surface area contributed by atoms with E-state index in [1.54, 1.807) is 31.4 Å². The topological polar surface area (TPSA) is 84.7 Å². The van der Waals surface area contributed by atoms with Crippen LogP contribution in [0, 0.1) is 0 Å². The quantitative estimate of drug-likeness (QED) is 0.815. The molecule has 2 heterocycles. The van der Waals surface area contributed by atoms with Crippen molar-refractivity contribution in [3.05, 3.63) is 45.8 Å². The van der Waals surface area contributed by atoms with Gasteiger partial charge in [0.2, 0.25) is 0 Å². The van der Waals surface area contributed by atoms with E-state index in [1.165, 1.54) is 11.3 Å². The summed E-state index contributed by atoms with van der Waals surface area (Å²) in [6, 6.07) is 6.82. The fourth-order valence-corrected chi connectivity index (χ4v) is 4.28. The molecule has 1 aromatic carbocycles. The second-order valence-corrected chi connectivity index (χ2v) is 6.98. The molecule has 2 aromatic rings. The molecule has 0 aliphatic carbocycles. The molecule has 1 aliphatic rings. The summed E-state index contributed by atoms with van der Waals surface area (Å²) in [6.45, 7) is 4.75. The van der Waals surface area contributed by atoms with Crippen molar-refractivity contribution in [3.8, 4) is 5.75 Å². The SMILES string of the molecule is CCN1CCc2c(sc(NC(=O)c3ccc(OC)cc3)c2C(N)=O)C1.Cl. The fraction of sp³-hybridized carbons (Fsp3) is 0.333. The molecule has 0 radical (unpaired) electrons. The predicted octanol–water partition coefficient (Wildman–Crippen LogP) is 2.91. The number of nitrogens with zero attached hydrogens (tertiary/aromatic N) is 1. The summed E-state index contributed by atoms with van der Waals surface area (Å²) in [5, 5.41) is 3.39. The molecule has 0 unspecified atom stereocenters. The van der Waals surface area contributed by atoms with Gasteiger partial charge in [-0.05, 0) is 42.8 Å². The number of hydrogen-bond acceptors (Lipinski definition) is 5. The van der Waals surface area contributed by atoms with Crippen LogP contribution in [-0.2, 0) is 13.0 Å². The van der Waals surface area contributed by atoms with Crippen LogP contribution in [0.2, 0.25) is 0 Å². The Morgan fingerprint density at radius 1 is 1.31 bits per heavy atom. The van der Waals surface area contributed by atoms with E-state index in [0.717, 1.165) is 36.5 Å². The minimum Gasteiger partial charge on any atom is -0.497 e. The summed E-state index contributed by atoms with van der Waals surface area (Å²) in [4.78, 5) is 27.9. The predicted molar refractivity (Wildman–Crippen MR) is 106 cm³/mol. The lowest BCUT2D eigenvalue weighted by Gasteiger charge is -2.25. The van der Waals surface area contributed by atoms with Gasteiger partial charge in [0, 0.05) is 23.5 Å². The first kappa shape index (κ1) is 20.2. The van der Waals surface area contributed by atoms with Crippen LogP contribution < -0.4 is 15.8 Å². The minimum atomic E-state index is -0.493. The van der Waals surface area contributed by atoms with Crippen LogP contribution in [-0.4, -0.2) is 36.9 Å². The Labute approximate surface area is 162 Å². The second kappa shape index (κ2) is 8.53. The molecule has 140 valence electrons. The Bertz CT molecular complexity index is 805. The van der Waals surface area contributed by atoms with Crippen LogP contribution in [0.3, 0.4) is 0 Å².